The smallest absolute Gasteiger partial charge is 0.336 e. The van der Waals surface area contributed by atoms with E-state index in [2.05, 4.69) is 4.98 Å². The Morgan fingerprint density at radius 1 is 1.12 bits per heavy atom. The highest BCUT2D eigenvalue weighted by atomic mass is 16.4. The van der Waals surface area contributed by atoms with Crippen molar-refractivity contribution in [3.63, 3.8) is 0 Å². The number of hydrogen-bond donors (Lipinski definition) is 2. The molecule has 2 heterocycles. The molecule has 0 unspecified atom stereocenters. The van der Waals surface area contributed by atoms with Crippen molar-refractivity contribution in [1.29, 1.82) is 0 Å². The van der Waals surface area contributed by atoms with Gasteiger partial charge in [0.2, 0.25) is 0 Å². The zero-order valence-corrected chi connectivity index (χ0v) is 13.8. The number of fused-ring (bicyclic) bond motifs is 2. The lowest BCUT2D eigenvalue weighted by atomic mass is 9.99. The predicted octanol–water partition coefficient (Wildman–Crippen LogP) is 4.55. The fraction of sp³-hybridized carbons (Fsp3) is 0.100. The van der Waals surface area contributed by atoms with E-state index in [-0.39, 0.29) is 5.56 Å². The van der Waals surface area contributed by atoms with Crippen LogP contribution in [0.15, 0.2) is 46.9 Å². The first-order chi connectivity index (χ1) is 12.0. The summed E-state index contributed by atoms with van der Waals surface area (Å²) in [5, 5.41) is 11.1. The molecule has 3 N–H and O–H groups in total. The van der Waals surface area contributed by atoms with Crippen LogP contribution in [0.2, 0.25) is 0 Å². The van der Waals surface area contributed by atoms with Gasteiger partial charge in [0.25, 0.3) is 0 Å². The molecule has 5 heteroatoms. The second kappa shape index (κ2) is 5.34. The molecule has 0 aliphatic rings. The van der Waals surface area contributed by atoms with Gasteiger partial charge in [0.05, 0.1) is 16.8 Å². The zero-order valence-electron chi connectivity index (χ0n) is 13.8. The number of aromatic carboxylic acids is 1. The number of carbonyl (C=O) groups is 1. The SMILES string of the molecule is Cc1ccc(C)c2c(C(=O)O)cc(-c3oc4ccccc4c3N)nc12. The lowest BCUT2D eigenvalue weighted by Gasteiger charge is -2.10. The van der Waals surface area contributed by atoms with Crippen LogP contribution in [0.4, 0.5) is 5.69 Å². The third kappa shape index (κ3) is 2.24. The molecule has 0 atom stereocenters. The van der Waals surface area contributed by atoms with Crippen LogP contribution >= 0.6 is 0 Å². The van der Waals surface area contributed by atoms with Gasteiger partial charge < -0.3 is 15.3 Å². The third-order valence-electron chi connectivity index (χ3n) is 4.47. The number of aromatic nitrogens is 1. The van der Waals surface area contributed by atoms with Crippen LogP contribution < -0.4 is 5.73 Å². The lowest BCUT2D eigenvalue weighted by Crippen LogP contribution is -2.03. The van der Waals surface area contributed by atoms with Crippen molar-refractivity contribution in [3.8, 4) is 11.5 Å². The summed E-state index contributed by atoms with van der Waals surface area (Å²) < 4.78 is 5.86. The quantitative estimate of drug-likeness (QED) is 0.562. The molecule has 0 spiro atoms. The number of carboxylic acid groups (broad SMARTS) is 1. The molecule has 0 saturated heterocycles. The van der Waals surface area contributed by atoms with Crippen LogP contribution in [-0.2, 0) is 0 Å². The average Bonchev–Trinajstić information content (AvgIpc) is 2.94. The van der Waals surface area contributed by atoms with E-state index in [1.54, 1.807) is 0 Å². The molecule has 0 bridgehead atoms. The first-order valence-corrected chi connectivity index (χ1v) is 7.89. The second-order valence-electron chi connectivity index (χ2n) is 6.12. The van der Waals surface area contributed by atoms with Gasteiger partial charge >= 0.3 is 5.97 Å². The number of carboxylic acids is 1. The van der Waals surface area contributed by atoms with Crippen molar-refractivity contribution in [2.45, 2.75) is 13.8 Å². The van der Waals surface area contributed by atoms with Crippen LogP contribution in [0.5, 0.6) is 0 Å². The molecule has 5 nitrogen and oxygen atoms in total. The Morgan fingerprint density at radius 2 is 1.84 bits per heavy atom. The third-order valence-corrected chi connectivity index (χ3v) is 4.47. The van der Waals surface area contributed by atoms with Crippen molar-refractivity contribution >= 4 is 33.5 Å². The van der Waals surface area contributed by atoms with Gasteiger partial charge in [-0.2, -0.15) is 0 Å². The molecule has 0 saturated carbocycles. The molecular weight excluding hydrogens is 316 g/mol. The molecule has 0 amide bonds. The molecule has 4 rings (SSSR count). The average molecular weight is 332 g/mol. The summed E-state index contributed by atoms with van der Waals surface area (Å²) in [4.78, 5) is 16.5. The van der Waals surface area contributed by atoms with Crippen LogP contribution in [0.25, 0.3) is 33.3 Å². The summed E-state index contributed by atoms with van der Waals surface area (Å²) in [6.07, 6.45) is 0. The van der Waals surface area contributed by atoms with Crippen LogP contribution in [0.3, 0.4) is 0 Å². The van der Waals surface area contributed by atoms with Gasteiger partial charge in [0.1, 0.15) is 11.3 Å². The molecule has 4 aromatic rings. The Labute approximate surface area is 143 Å². The van der Waals surface area contributed by atoms with Crippen LogP contribution in [-0.4, -0.2) is 16.1 Å². The summed E-state index contributed by atoms with van der Waals surface area (Å²) in [6, 6.07) is 12.8. The van der Waals surface area contributed by atoms with E-state index in [1.165, 1.54) is 6.07 Å². The highest BCUT2D eigenvalue weighted by Crippen LogP contribution is 2.37. The molecule has 124 valence electrons. The maximum absolute atomic E-state index is 11.8. The highest BCUT2D eigenvalue weighted by molar-refractivity contribution is 6.07. The van der Waals surface area contributed by atoms with Crippen molar-refractivity contribution < 1.29 is 14.3 Å². The standard InChI is InChI=1S/C20H16N2O3/c1-10-7-8-11(2)18-16(10)13(20(23)24)9-14(22-18)19-17(21)12-5-3-4-6-15(12)25-19/h3-9H,21H2,1-2H3,(H,23,24). The largest absolute Gasteiger partial charge is 0.478 e. The van der Waals surface area contributed by atoms with E-state index in [1.807, 2.05) is 50.2 Å². The molecule has 2 aromatic carbocycles. The van der Waals surface area contributed by atoms with Gasteiger partial charge in [-0.05, 0) is 43.2 Å². The number of para-hydroxylation sites is 1. The number of rotatable bonds is 2. The Kier molecular flexibility index (Phi) is 3.25. The summed E-state index contributed by atoms with van der Waals surface area (Å²) >= 11 is 0. The lowest BCUT2D eigenvalue weighted by molar-refractivity contribution is 0.0699. The van der Waals surface area contributed by atoms with Gasteiger partial charge in [-0.25, -0.2) is 9.78 Å². The summed E-state index contributed by atoms with van der Waals surface area (Å²) in [5.74, 6) is -0.608. The Balaban J connectivity index is 2.10. The summed E-state index contributed by atoms with van der Waals surface area (Å²) in [7, 11) is 0. The Hall–Kier alpha value is -3.34. The predicted molar refractivity (Wildman–Crippen MR) is 97.8 cm³/mol. The number of nitrogens with two attached hydrogens (primary N) is 1. The molecular formula is C20H16N2O3. The van der Waals surface area contributed by atoms with E-state index in [0.717, 1.165) is 16.5 Å². The fourth-order valence-corrected chi connectivity index (χ4v) is 3.18. The van der Waals surface area contributed by atoms with Gasteiger partial charge in [-0.15, -0.1) is 0 Å². The Bertz CT molecular complexity index is 1160. The first-order valence-electron chi connectivity index (χ1n) is 7.89. The molecule has 0 aliphatic heterocycles. The molecule has 2 aromatic heterocycles. The Morgan fingerprint density at radius 3 is 2.56 bits per heavy atom. The topological polar surface area (TPSA) is 89.3 Å². The van der Waals surface area contributed by atoms with Gasteiger partial charge in [0.15, 0.2) is 5.76 Å². The minimum Gasteiger partial charge on any atom is -0.478 e. The number of benzene rings is 2. The zero-order chi connectivity index (χ0) is 17.7. The van der Waals surface area contributed by atoms with E-state index in [9.17, 15) is 9.90 Å². The van der Waals surface area contributed by atoms with E-state index in [4.69, 9.17) is 10.2 Å². The van der Waals surface area contributed by atoms with Crippen molar-refractivity contribution in [2.24, 2.45) is 0 Å². The summed E-state index contributed by atoms with van der Waals surface area (Å²) in [6.45, 7) is 3.79. The molecule has 25 heavy (non-hydrogen) atoms. The van der Waals surface area contributed by atoms with Gasteiger partial charge in [-0.1, -0.05) is 24.3 Å². The number of nitrogen functional groups attached to an aromatic ring is 1. The second-order valence-corrected chi connectivity index (χ2v) is 6.12. The van der Waals surface area contributed by atoms with E-state index >= 15 is 0 Å². The number of pyridine rings is 1. The molecule has 0 fully saturated rings. The van der Waals surface area contributed by atoms with Crippen LogP contribution in [0.1, 0.15) is 21.5 Å². The highest BCUT2D eigenvalue weighted by Gasteiger charge is 2.20. The number of anilines is 1. The van der Waals surface area contributed by atoms with Crippen LogP contribution in [0, 0.1) is 13.8 Å². The number of hydrogen-bond acceptors (Lipinski definition) is 4. The van der Waals surface area contributed by atoms with Crippen molar-refractivity contribution in [1.82, 2.24) is 4.98 Å². The number of furan rings is 1. The van der Waals surface area contributed by atoms with Gasteiger partial charge in [0, 0.05) is 10.8 Å². The minimum atomic E-state index is -1.00. The van der Waals surface area contributed by atoms with E-state index in [0.29, 0.717) is 33.6 Å². The minimum absolute atomic E-state index is 0.195. The normalized spacial score (nSPS) is 11.3. The summed E-state index contributed by atoms with van der Waals surface area (Å²) in [5.41, 5.74) is 10.4. The maximum atomic E-state index is 11.8. The van der Waals surface area contributed by atoms with E-state index < -0.39 is 5.97 Å². The molecule has 0 radical (unpaired) electrons. The van der Waals surface area contributed by atoms with Crippen molar-refractivity contribution in [2.75, 3.05) is 5.73 Å². The first kappa shape index (κ1) is 15.2. The maximum Gasteiger partial charge on any atom is 0.336 e. The number of nitrogens with zero attached hydrogens (tertiary/aromatic N) is 1. The fourth-order valence-electron chi connectivity index (χ4n) is 3.18. The van der Waals surface area contributed by atoms with Gasteiger partial charge in [-0.3, -0.25) is 0 Å². The number of aryl methyl sites for hydroxylation is 2. The van der Waals surface area contributed by atoms with Crippen molar-refractivity contribution in [3.05, 3.63) is 59.2 Å². The molecule has 0 aliphatic carbocycles. The monoisotopic (exact) mass is 332 g/mol.